The first-order chi connectivity index (χ1) is 5.54. The van der Waals surface area contributed by atoms with Crippen LogP contribution in [0.1, 0.15) is 12.8 Å². The van der Waals surface area contributed by atoms with Crippen molar-refractivity contribution < 1.29 is 0 Å². The Morgan fingerprint density at radius 3 is 1.42 bits per heavy atom. The molecule has 4 aliphatic carbocycles. The third-order valence-corrected chi connectivity index (χ3v) is 7.24. The van der Waals surface area contributed by atoms with Gasteiger partial charge in [-0.05, 0) is 24.7 Å². The Morgan fingerprint density at radius 1 is 0.833 bits per heavy atom. The second kappa shape index (κ2) is 2.05. The van der Waals surface area contributed by atoms with E-state index in [-0.39, 0.29) is 20.5 Å². The third-order valence-electron chi connectivity index (χ3n) is 3.96. The Morgan fingerprint density at radius 2 is 1.17 bits per heavy atom. The molecule has 0 nitrogen and oxygen atoms in total. The molecule has 0 amide bonds. The van der Waals surface area contributed by atoms with E-state index in [0.717, 1.165) is 12.8 Å². The predicted molar refractivity (Wildman–Crippen MR) is 52.7 cm³/mol. The summed E-state index contributed by atoms with van der Waals surface area (Å²) in [6, 6.07) is 0. The second-order valence-electron chi connectivity index (χ2n) is 4.13. The molecule has 4 bridgehead atoms. The largest absolute Gasteiger partial charge is 0.121 e. The van der Waals surface area contributed by atoms with Crippen LogP contribution >= 0.6 is 46.4 Å². The fourth-order valence-corrected chi connectivity index (χ4v) is 6.16. The molecule has 4 aliphatic rings. The zero-order chi connectivity index (χ0) is 8.72. The summed E-state index contributed by atoms with van der Waals surface area (Å²) in [5, 5.41) is 0.0934. The molecule has 0 aromatic carbocycles. The molecule has 0 radical (unpaired) electrons. The summed E-state index contributed by atoms with van der Waals surface area (Å²) in [5.74, 6) is 0.677. The molecule has 4 rings (SSSR count). The van der Waals surface area contributed by atoms with Gasteiger partial charge in [0.15, 0.2) is 0 Å². The van der Waals surface area contributed by atoms with Gasteiger partial charge in [-0.2, -0.15) is 0 Å². The quantitative estimate of drug-likeness (QED) is 0.575. The normalized spacial score (nSPS) is 73.0. The van der Waals surface area contributed by atoms with Crippen LogP contribution in [0, 0.1) is 11.8 Å². The Balaban J connectivity index is 2.07. The summed E-state index contributed by atoms with van der Waals surface area (Å²) in [6.45, 7) is 0. The fraction of sp³-hybridized carbons (Fsp3) is 1.00. The molecule has 68 valence electrons. The Hall–Kier alpha value is 1.16. The minimum absolute atomic E-state index is 0.0467. The van der Waals surface area contributed by atoms with Crippen LogP contribution < -0.4 is 0 Å². The molecule has 0 unspecified atom stereocenters. The van der Waals surface area contributed by atoms with Crippen molar-refractivity contribution in [2.75, 3.05) is 0 Å². The van der Waals surface area contributed by atoms with Crippen LogP contribution in [-0.4, -0.2) is 20.5 Å². The van der Waals surface area contributed by atoms with Crippen molar-refractivity contribution in [1.29, 1.82) is 0 Å². The van der Waals surface area contributed by atoms with Crippen LogP contribution in [0.15, 0.2) is 0 Å². The maximum Gasteiger partial charge on any atom is 0.0864 e. The Bertz CT molecular complexity index is 229. The third kappa shape index (κ3) is 0.518. The number of hydrogen-bond acceptors (Lipinski definition) is 0. The monoisotopic (exact) mass is 244 g/mol. The van der Waals surface area contributed by atoms with Crippen molar-refractivity contribution >= 4 is 46.4 Å². The van der Waals surface area contributed by atoms with E-state index in [1.165, 1.54) is 0 Å². The van der Waals surface area contributed by atoms with Crippen molar-refractivity contribution in [1.82, 2.24) is 0 Å². The number of hydrogen-bond donors (Lipinski definition) is 0. The first-order valence-corrected chi connectivity index (χ1v) is 5.83. The van der Waals surface area contributed by atoms with Gasteiger partial charge in [-0.3, -0.25) is 0 Å². The van der Waals surface area contributed by atoms with Gasteiger partial charge in [-0.25, -0.2) is 0 Å². The first kappa shape index (κ1) is 8.47. The molecule has 0 N–H and O–H groups in total. The van der Waals surface area contributed by atoms with Gasteiger partial charge in [0.05, 0.1) is 20.5 Å². The lowest BCUT2D eigenvalue weighted by Gasteiger charge is -2.78. The van der Waals surface area contributed by atoms with Gasteiger partial charge < -0.3 is 0 Å². The highest BCUT2D eigenvalue weighted by Gasteiger charge is 2.86. The van der Waals surface area contributed by atoms with Crippen molar-refractivity contribution in [3.8, 4) is 0 Å². The average Bonchev–Trinajstić information content (AvgIpc) is 2.08. The number of rotatable bonds is 0. The molecule has 0 aliphatic heterocycles. The molecule has 0 aromatic rings. The smallest absolute Gasteiger partial charge is 0.0864 e. The fourth-order valence-electron chi connectivity index (χ4n) is 3.29. The molecule has 0 spiro atoms. The highest BCUT2D eigenvalue weighted by atomic mass is 35.5. The van der Waals surface area contributed by atoms with E-state index in [2.05, 4.69) is 0 Å². The average molecular weight is 246 g/mol. The molecule has 6 atom stereocenters. The summed E-state index contributed by atoms with van der Waals surface area (Å²) in [4.78, 5) is -0.767. The molecular weight excluding hydrogens is 238 g/mol. The lowest BCUT2D eigenvalue weighted by Crippen LogP contribution is -2.90. The number of fused-ring (bicyclic) bond motifs is 1. The highest BCUT2D eigenvalue weighted by molar-refractivity contribution is 6.48. The molecule has 12 heavy (non-hydrogen) atoms. The summed E-state index contributed by atoms with van der Waals surface area (Å²) >= 11 is 25.1. The summed E-state index contributed by atoms with van der Waals surface area (Å²) in [6.07, 6.45) is 2.19. The SMILES string of the molecule is Cl[C@H]1[C@@H]2CC[C@H]3[C@H](Cl)[C@]2(Cl)[C@@]13Cl. The van der Waals surface area contributed by atoms with Gasteiger partial charge in [-0.15, -0.1) is 46.4 Å². The van der Waals surface area contributed by atoms with Crippen molar-refractivity contribution in [2.24, 2.45) is 11.8 Å². The number of alkyl halides is 4. The van der Waals surface area contributed by atoms with Gasteiger partial charge in [0.25, 0.3) is 0 Å². The van der Waals surface area contributed by atoms with Gasteiger partial charge >= 0.3 is 0 Å². The Labute approximate surface area is 91.5 Å². The lowest BCUT2D eigenvalue weighted by atomic mass is 9.39. The van der Waals surface area contributed by atoms with Crippen LogP contribution in [0.5, 0.6) is 0 Å². The topological polar surface area (TPSA) is 0 Å². The van der Waals surface area contributed by atoms with E-state index < -0.39 is 0 Å². The predicted octanol–water partition coefficient (Wildman–Crippen LogP) is 3.21. The van der Waals surface area contributed by atoms with Crippen LogP contribution in [0.3, 0.4) is 0 Å². The van der Waals surface area contributed by atoms with E-state index in [9.17, 15) is 0 Å². The van der Waals surface area contributed by atoms with E-state index in [4.69, 9.17) is 46.4 Å². The van der Waals surface area contributed by atoms with Crippen LogP contribution in [0.25, 0.3) is 0 Å². The minimum Gasteiger partial charge on any atom is -0.121 e. The number of halogens is 4. The van der Waals surface area contributed by atoms with Crippen molar-refractivity contribution in [2.45, 2.75) is 33.3 Å². The van der Waals surface area contributed by atoms with Crippen LogP contribution in [-0.2, 0) is 0 Å². The van der Waals surface area contributed by atoms with Gasteiger partial charge in [0.2, 0.25) is 0 Å². The molecular formula is C8H8Cl4. The highest BCUT2D eigenvalue weighted by Crippen LogP contribution is 2.79. The maximum absolute atomic E-state index is 6.38. The van der Waals surface area contributed by atoms with Crippen molar-refractivity contribution in [3.05, 3.63) is 0 Å². The molecule has 0 aromatic heterocycles. The van der Waals surface area contributed by atoms with Crippen molar-refractivity contribution in [3.63, 3.8) is 0 Å². The standard InChI is InChI=1S/C8H8Cl4/c9-5-3-1-2-4-6(10)7(3,11)8(4,5)12/h3-6H,1-2H2/t3-,4-,5-,6-,7-,8-/m0/s1. The van der Waals surface area contributed by atoms with Gasteiger partial charge in [-0.1, -0.05) is 0 Å². The van der Waals surface area contributed by atoms with E-state index >= 15 is 0 Å². The second-order valence-corrected chi connectivity index (χ2v) is 6.32. The molecule has 4 fully saturated rings. The zero-order valence-electron chi connectivity index (χ0n) is 6.24. The molecule has 0 saturated heterocycles. The molecule has 4 saturated carbocycles. The lowest BCUT2D eigenvalue weighted by molar-refractivity contribution is -0.0784. The summed E-state index contributed by atoms with van der Waals surface area (Å²) in [7, 11) is 0. The summed E-state index contributed by atoms with van der Waals surface area (Å²) in [5.41, 5.74) is 0. The zero-order valence-corrected chi connectivity index (χ0v) is 9.26. The van der Waals surface area contributed by atoms with E-state index in [1.54, 1.807) is 0 Å². The van der Waals surface area contributed by atoms with Gasteiger partial charge in [0.1, 0.15) is 0 Å². The Kier molecular flexibility index (Phi) is 1.45. The van der Waals surface area contributed by atoms with E-state index in [0.29, 0.717) is 11.8 Å². The van der Waals surface area contributed by atoms with Crippen LogP contribution in [0.4, 0.5) is 0 Å². The van der Waals surface area contributed by atoms with E-state index in [1.807, 2.05) is 0 Å². The minimum atomic E-state index is -0.383. The molecule has 4 heteroatoms. The molecule has 0 heterocycles. The van der Waals surface area contributed by atoms with Crippen LogP contribution in [0.2, 0.25) is 0 Å². The first-order valence-electron chi connectivity index (χ1n) is 4.20. The maximum atomic E-state index is 6.38. The van der Waals surface area contributed by atoms with Gasteiger partial charge in [0, 0.05) is 0 Å². The summed E-state index contributed by atoms with van der Waals surface area (Å²) < 4.78 is 0.